The number of hydrogen-bond acceptors (Lipinski definition) is 1. The topological polar surface area (TPSA) is 3.24 Å². The molecule has 0 spiro atoms. The van der Waals surface area contributed by atoms with Crippen LogP contribution in [0, 0.1) is 5.92 Å². The summed E-state index contributed by atoms with van der Waals surface area (Å²) in [5, 5.41) is 15.3. The zero-order chi connectivity index (χ0) is 36.0. The molecule has 12 rings (SSSR count). The molecule has 258 valence electrons. The summed E-state index contributed by atoms with van der Waals surface area (Å²) in [5.41, 5.74) is 9.07. The SMILES string of the molecule is C1=CCC2C=c3c(c(N(C4=CC5=CC=CCC5c5cc6ccccc6cc54)c4cc5ccccc5c5cc6ccccc6cc45)cc4ccccc34)=CC2=C1. The summed E-state index contributed by atoms with van der Waals surface area (Å²) in [4.78, 5) is 2.64. The van der Waals surface area contributed by atoms with Gasteiger partial charge >= 0.3 is 0 Å². The van der Waals surface area contributed by atoms with Gasteiger partial charge in [-0.1, -0.05) is 140 Å². The van der Waals surface area contributed by atoms with Crippen LogP contribution in [0.5, 0.6) is 0 Å². The number of anilines is 2. The van der Waals surface area contributed by atoms with Crippen LogP contribution >= 0.6 is 0 Å². The molecule has 55 heavy (non-hydrogen) atoms. The highest BCUT2D eigenvalue weighted by molar-refractivity contribution is 6.19. The normalized spacial score (nSPS) is 18.1. The minimum absolute atomic E-state index is 0.317. The number of hydrogen-bond donors (Lipinski definition) is 0. The van der Waals surface area contributed by atoms with Crippen molar-refractivity contribution in [3.05, 3.63) is 209 Å². The van der Waals surface area contributed by atoms with Gasteiger partial charge in [-0.2, -0.15) is 0 Å². The van der Waals surface area contributed by atoms with Gasteiger partial charge < -0.3 is 4.90 Å². The van der Waals surface area contributed by atoms with Crippen molar-refractivity contribution in [2.24, 2.45) is 5.92 Å². The first-order chi connectivity index (χ1) is 27.2. The van der Waals surface area contributed by atoms with Crippen molar-refractivity contribution in [3.8, 4) is 0 Å². The van der Waals surface area contributed by atoms with Crippen LogP contribution in [0.2, 0.25) is 0 Å². The Balaban J connectivity index is 1.27. The fourth-order valence-electron chi connectivity index (χ4n) is 9.88. The highest BCUT2D eigenvalue weighted by Crippen LogP contribution is 2.49. The molecule has 4 aliphatic rings. The predicted molar refractivity (Wildman–Crippen MR) is 235 cm³/mol. The number of fused-ring (bicyclic) bond motifs is 12. The second-order valence-electron chi connectivity index (χ2n) is 15.6. The summed E-state index contributed by atoms with van der Waals surface area (Å²) >= 11 is 0. The van der Waals surface area contributed by atoms with Gasteiger partial charge in [-0.3, -0.25) is 0 Å². The molecule has 1 heteroatoms. The van der Waals surface area contributed by atoms with Crippen LogP contribution in [0.15, 0.2) is 187 Å². The molecule has 1 nitrogen and oxygen atoms in total. The maximum atomic E-state index is 2.64. The minimum atomic E-state index is 0.317. The molecule has 0 fully saturated rings. The second kappa shape index (κ2) is 11.9. The van der Waals surface area contributed by atoms with E-state index in [1.54, 1.807) is 0 Å². The molecule has 0 aliphatic heterocycles. The maximum absolute atomic E-state index is 2.64. The molecule has 0 saturated heterocycles. The third-order valence-corrected chi connectivity index (χ3v) is 12.5. The van der Waals surface area contributed by atoms with Crippen LogP contribution in [0.4, 0.5) is 11.4 Å². The van der Waals surface area contributed by atoms with Gasteiger partial charge in [0, 0.05) is 28.0 Å². The van der Waals surface area contributed by atoms with Crippen LogP contribution in [0.3, 0.4) is 0 Å². The lowest BCUT2D eigenvalue weighted by molar-refractivity contribution is 0.807. The third-order valence-electron chi connectivity index (χ3n) is 12.5. The highest BCUT2D eigenvalue weighted by atomic mass is 15.2. The summed E-state index contributed by atoms with van der Waals surface area (Å²) in [6, 6.07) is 50.3. The van der Waals surface area contributed by atoms with E-state index in [9.17, 15) is 0 Å². The van der Waals surface area contributed by atoms with Crippen LogP contribution < -0.4 is 15.3 Å². The Morgan fingerprint density at radius 1 is 0.455 bits per heavy atom. The number of allylic oxidation sites excluding steroid dienone is 9. The third kappa shape index (κ3) is 4.73. The smallest absolute Gasteiger partial charge is 0.0547 e. The monoisotopic (exact) mass is 699 g/mol. The van der Waals surface area contributed by atoms with Gasteiger partial charge in [0.15, 0.2) is 0 Å². The molecule has 8 aromatic carbocycles. The van der Waals surface area contributed by atoms with Crippen molar-refractivity contribution < 1.29 is 0 Å². The molecule has 2 atom stereocenters. The molecular formula is C54H37N. The van der Waals surface area contributed by atoms with Crippen molar-refractivity contribution in [1.29, 1.82) is 0 Å². The average Bonchev–Trinajstić information content (AvgIpc) is 3.24. The first-order valence-electron chi connectivity index (χ1n) is 19.6. The van der Waals surface area contributed by atoms with Crippen LogP contribution in [-0.2, 0) is 0 Å². The molecule has 0 bridgehead atoms. The molecule has 0 heterocycles. The lowest BCUT2D eigenvalue weighted by Crippen LogP contribution is -2.36. The molecule has 0 radical (unpaired) electrons. The van der Waals surface area contributed by atoms with E-state index in [1.807, 2.05) is 0 Å². The standard InChI is InChI=1S/C54H37N/c1-4-16-37-28-49-46(25-34(37)13-1)43-22-10-7-19-40(43)31-52(49)55(53-32-41-20-8-11-23-44(41)47-26-35-14-2-5-17-38(35)29-50(47)53)54-33-42-21-9-12-24-45(42)48-27-36-15-3-6-18-39(36)30-51(48)54/h1-14,16-22,24-33,36,44H,15,23H2. The fourth-order valence-corrected chi connectivity index (χ4v) is 9.88. The second-order valence-corrected chi connectivity index (χ2v) is 15.6. The van der Waals surface area contributed by atoms with E-state index < -0.39 is 0 Å². The summed E-state index contributed by atoms with van der Waals surface area (Å²) in [6.07, 6.45) is 23.4. The lowest BCUT2D eigenvalue weighted by Gasteiger charge is -2.37. The van der Waals surface area contributed by atoms with E-state index in [1.165, 1.54) is 104 Å². The summed E-state index contributed by atoms with van der Waals surface area (Å²) < 4.78 is 0. The molecule has 0 saturated carbocycles. The van der Waals surface area contributed by atoms with Crippen molar-refractivity contribution in [2.45, 2.75) is 18.8 Å². The summed E-state index contributed by atoms with van der Waals surface area (Å²) in [7, 11) is 0. The Morgan fingerprint density at radius 2 is 1.05 bits per heavy atom. The molecular weight excluding hydrogens is 663 g/mol. The molecule has 4 aliphatic carbocycles. The van der Waals surface area contributed by atoms with E-state index in [0.29, 0.717) is 11.8 Å². The maximum Gasteiger partial charge on any atom is 0.0547 e. The van der Waals surface area contributed by atoms with Gasteiger partial charge in [0.25, 0.3) is 0 Å². The lowest BCUT2D eigenvalue weighted by atomic mass is 9.76. The number of rotatable bonds is 3. The van der Waals surface area contributed by atoms with Crippen molar-refractivity contribution >= 4 is 83.1 Å². The Kier molecular flexibility index (Phi) is 6.65. The Bertz CT molecular complexity index is 3280. The molecule has 0 amide bonds. The van der Waals surface area contributed by atoms with E-state index in [-0.39, 0.29) is 0 Å². The highest BCUT2D eigenvalue weighted by Gasteiger charge is 2.32. The Hall–Kier alpha value is -6.70. The predicted octanol–water partition coefficient (Wildman–Crippen LogP) is 12.7. The van der Waals surface area contributed by atoms with Gasteiger partial charge in [0.05, 0.1) is 17.1 Å². The quantitative estimate of drug-likeness (QED) is 0.131. The zero-order valence-electron chi connectivity index (χ0n) is 30.4. The number of benzene rings is 8. The molecule has 2 unspecified atom stereocenters. The first kappa shape index (κ1) is 30.7. The molecule has 0 aromatic heterocycles. The average molecular weight is 700 g/mol. The van der Waals surface area contributed by atoms with Gasteiger partial charge in [0.1, 0.15) is 0 Å². The van der Waals surface area contributed by atoms with E-state index in [4.69, 9.17) is 0 Å². The zero-order valence-corrected chi connectivity index (χ0v) is 30.4. The van der Waals surface area contributed by atoms with Crippen LogP contribution in [-0.4, -0.2) is 0 Å². The fraction of sp³-hybridized carbons (Fsp3) is 0.0741. The van der Waals surface area contributed by atoms with Gasteiger partial charge in [-0.25, -0.2) is 0 Å². The van der Waals surface area contributed by atoms with Crippen molar-refractivity contribution in [2.75, 3.05) is 4.90 Å². The van der Waals surface area contributed by atoms with Crippen molar-refractivity contribution in [3.63, 3.8) is 0 Å². The van der Waals surface area contributed by atoms with Gasteiger partial charge in [-0.05, 0) is 132 Å². The molecule has 8 aromatic rings. The van der Waals surface area contributed by atoms with Crippen LogP contribution in [0.25, 0.3) is 71.7 Å². The van der Waals surface area contributed by atoms with E-state index >= 15 is 0 Å². The Labute approximate surface area is 320 Å². The van der Waals surface area contributed by atoms with E-state index in [2.05, 4.69) is 193 Å². The summed E-state index contributed by atoms with van der Waals surface area (Å²) in [6.45, 7) is 0. The van der Waals surface area contributed by atoms with Crippen LogP contribution in [0.1, 0.15) is 29.9 Å². The minimum Gasteiger partial charge on any atom is -0.309 e. The Morgan fingerprint density at radius 3 is 1.84 bits per heavy atom. The van der Waals surface area contributed by atoms with E-state index in [0.717, 1.165) is 12.8 Å². The molecule has 0 N–H and O–H groups in total. The first-order valence-corrected chi connectivity index (χ1v) is 19.6. The van der Waals surface area contributed by atoms with Gasteiger partial charge in [0.2, 0.25) is 0 Å². The summed E-state index contributed by atoms with van der Waals surface area (Å²) in [5.74, 6) is 0.691. The largest absolute Gasteiger partial charge is 0.309 e. The number of nitrogens with zero attached hydrogens (tertiary/aromatic N) is 1. The van der Waals surface area contributed by atoms with Crippen molar-refractivity contribution in [1.82, 2.24) is 0 Å². The van der Waals surface area contributed by atoms with Gasteiger partial charge in [-0.15, -0.1) is 0 Å².